The molecule has 4 aromatic carbocycles. The minimum absolute atomic E-state index is 0.500. The fourth-order valence-electron chi connectivity index (χ4n) is 8.76. The standard InChI is InChI=1S/C40H48O8Si4.CH3NO2/c1-21-33-25-13-26-18-28-15-30-20-32-16-31-19-29-14-27(17-25)35(43-49(5,6)41-33)22(2)37(29)45-51(9,10)47-39(31)24(4)40(32)48-52(11,12)46-38(30)23(3)36(28)44-50(7,8)42-34(21)26;1-2(3)4/h13-16H,17-20H2,1-12H3;1H3. The summed E-state index contributed by atoms with van der Waals surface area (Å²) in [6.07, 6.45) is 2.61. The molecule has 0 spiro atoms. The first-order chi connectivity index (χ1) is 26.0. The molecule has 8 bridgehead atoms. The monoisotopic (exact) mass is 829 g/mol. The van der Waals surface area contributed by atoms with Crippen molar-refractivity contribution < 1.29 is 40.3 Å². The summed E-state index contributed by atoms with van der Waals surface area (Å²) < 4.78 is 55.8. The third-order valence-electron chi connectivity index (χ3n) is 10.8. The van der Waals surface area contributed by atoms with Crippen molar-refractivity contribution in [2.45, 2.75) is 106 Å². The van der Waals surface area contributed by atoms with Crippen LogP contribution in [0.1, 0.15) is 66.8 Å². The molecule has 0 unspecified atom stereocenters. The van der Waals surface area contributed by atoms with E-state index in [4.69, 9.17) is 45.5 Å². The van der Waals surface area contributed by atoms with Crippen LogP contribution in [0.3, 0.4) is 0 Å². The second-order valence-electron chi connectivity index (χ2n) is 17.5. The first-order valence-corrected chi connectivity index (χ1v) is 30.5. The smallest absolute Gasteiger partial charge is 0.454 e. The van der Waals surface area contributed by atoms with E-state index in [0.29, 0.717) is 25.7 Å². The Morgan fingerprint density at radius 1 is 0.393 bits per heavy atom. The number of benzene rings is 4. The number of rotatable bonds is 0. The molecule has 1 aliphatic carbocycles. The van der Waals surface area contributed by atoms with Crippen LogP contribution >= 0.6 is 0 Å². The predicted octanol–water partition coefficient (Wildman–Crippen LogP) is 9.38. The van der Waals surface area contributed by atoms with Crippen molar-refractivity contribution in [1.29, 1.82) is 0 Å². The highest BCUT2D eigenvalue weighted by Crippen LogP contribution is 2.51. The highest BCUT2D eigenvalue weighted by Gasteiger charge is 2.43. The Labute approximate surface area is 333 Å². The van der Waals surface area contributed by atoms with E-state index in [1.54, 1.807) is 0 Å². The van der Waals surface area contributed by atoms with Gasteiger partial charge < -0.3 is 35.4 Å². The van der Waals surface area contributed by atoms with E-state index in [2.05, 4.69) is 104 Å². The summed E-state index contributed by atoms with van der Waals surface area (Å²) in [6, 6.07) is 9.29. The lowest BCUT2D eigenvalue weighted by Crippen LogP contribution is -2.46. The number of nitrogens with zero attached hydrogens (tertiary/aromatic N) is 1. The Morgan fingerprint density at radius 3 is 0.643 bits per heavy atom. The lowest BCUT2D eigenvalue weighted by atomic mass is 9.88. The maximum absolute atomic E-state index is 8.81. The van der Waals surface area contributed by atoms with Gasteiger partial charge in [0.2, 0.25) is 0 Å². The Bertz CT molecular complexity index is 1940. The Kier molecular flexibility index (Phi) is 8.77. The molecule has 4 aliphatic heterocycles. The van der Waals surface area contributed by atoms with Crippen LogP contribution < -0.4 is 35.4 Å². The summed E-state index contributed by atoms with van der Waals surface area (Å²) in [5.74, 6) is 6.91. The van der Waals surface area contributed by atoms with Crippen molar-refractivity contribution >= 4 is 34.2 Å². The Morgan fingerprint density at radius 2 is 0.518 bits per heavy atom. The minimum Gasteiger partial charge on any atom is -0.511 e. The number of nitro groups is 1. The molecule has 0 atom stereocenters. The van der Waals surface area contributed by atoms with Crippen LogP contribution in [0.2, 0.25) is 52.4 Å². The SMILES string of the molecule is C[N+](=O)[O-].Cc1c2c3cc4c1O[Si](C)(C)Oc1c(cc5c(c1C)O[Si](C)(C)Oc1c(cc6c(c1C)O[Si](C)(C)Oc1c(cc(c(c1C)O[Si](C)(C)O2)C3)C6)C5)C4. The van der Waals surface area contributed by atoms with Gasteiger partial charge in [-0.05, 0) is 96.5 Å². The summed E-state index contributed by atoms with van der Waals surface area (Å²) in [5, 5.41) is 8.81. The van der Waals surface area contributed by atoms with Gasteiger partial charge in [0.1, 0.15) is 46.0 Å². The highest BCUT2D eigenvalue weighted by atomic mass is 28.4. The van der Waals surface area contributed by atoms with Gasteiger partial charge in [0.15, 0.2) is 7.05 Å². The van der Waals surface area contributed by atoms with Gasteiger partial charge in [0, 0.05) is 105 Å². The molecule has 5 aliphatic rings. The van der Waals surface area contributed by atoms with Crippen LogP contribution in [0.25, 0.3) is 0 Å². The normalized spacial score (nSPS) is 18.9. The lowest BCUT2D eigenvalue weighted by Gasteiger charge is -2.38. The van der Waals surface area contributed by atoms with Crippen LogP contribution in [0, 0.1) is 37.8 Å². The average Bonchev–Trinajstić information content (AvgIpc) is 3.05. The molecule has 4 aromatic rings. The first-order valence-electron chi connectivity index (χ1n) is 19.2. The van der Waals surface area contributed by atoms with E-state index in [-0.39, 0.29) is 0 Å². The quantitative estimate of drug-likeness (QED) is 0.0849. The number of hydrogen-bond acceptors (Lipinski definition) is 10. The van der Waals surface area contributed by atoms with E-state index < -0.39 is 39.2 Å². The van der Waals surface area contributed by atoms with E-state index in [9.17, 15) is 0 Å². The van der Waals surface area contributed by atoms with Crippen LogP contribution in [-0.2, 0) is 25.7 Å². The van der Waals surface area contributed by atoms with Crippen molar-refractivity contribution in [3.8, 4) is 46.0 Å². The molecule has 11 nitrogen and oxygen atoms in total. The van der Waals surface area contributed by atoms with Gasteiger partial charge in [-0.3, -0.25) is 10.1 Å². The molecule has 56 heavy (non-hydrogen) atoms. The first kappa shape index (κ1) is 38.4. The average molecular weight is 830 g/mol. The Hall–Kier alpha value is -4.45. The van der Waals surface area contributed by atoms with E-state index in [0.717, 1.165) is 120 Å². The molecule has 0 saturated carbocycles. The van der Waals surface area contributed by atoms with Crippen LogP contribution in [0.5, 0.6) is 46.0 Å². The van der Waals surface area contributed by atoms with E-state index >= 15 is 0 Å². The summed E-state index contributed by atoms with van der Waals surface area (Å²) in [6.45, 7) is 25.4. The minimum atomic E-state index is -2.77. The summed E-state index contributed by atoms with van der Waals surface area (Å²) in [7, 11) is -10.2. The van der Waals surface area contributed by atoms with Crippen molar-refractivity contribution in [3.63, 3.8) is 0 Å². The molecule has 9 rings (SSSR count). The zero-order valence-electron chi connectivity index (χ0n) is 34.7. The fourth-order valence-corrected chi connectivity index (χ4v) is 15.1. The summed E-state index contributed by atoms with van der Waals surface area (Å²) >= 11 is 0. The van der Waals surface area contributed by atoms with E-state index in [1.165, 1.54) is 0 Å². The van der Waals surface area contributed by atoms with Crippen LogP contribution in [-0.4, -0.2) is 46.2 Å². The predicted molar refractivity (Wildman–Crippen MR) is 224 cm³/mol. The van der Waals surface area contributed by atoms with Gasteiger partial charge in [-0.2, -0.15) is 0 Å². The van der Waals surface area contributed by atoms with Crippen molar-refractivity contribution in [3.05, 3.63) is 101 Å². The molecule has 0 N–H and O–H groups in total. The van der Waals surface area contributed by atoms with Crippen molar-refractivity contribution in [2.24, 2.45) is 0 Å². The molecule has 4 heterocycles. The molecule has 0 radical (unpaired) electrons. The molecule has 0 amide bonds. The summed E-state index contributed by atoms with van der Waals surface area (Å²) in [5.41, 5.74) is 13.1. The highest BCUT2D eigenvalue weighted by molar-refractivity contribution is 6.67. The van der Waals surface area contributed by atoms with Gasteiger partial charge in [-0.15, -0.1) is 0 Å². The molecule has 15 heteroatoms. The zero-order chi connectivity index (χ0) is 40.4. The van der Waals surface area contributed by atoms with Gasteiger partial charge in [-0.1, -0.05) is 0 Å². The topological polar surface area (TPSA) is 117 Å². The van der Waals surface area contributed by atoms with Gasteiger partial charge in [0.05, 0.1) is 0 Å². The number of hydrogen-bond donors (Lipinski definition) is 0. The fraction of sp³-hybridized carbons (Fsp3) is 0.415. The zero-order valence-corrected chi connectivity index (χ0v) is 38.7. The van der Waals surface area contributed by atoms with Crippen molar-refractivity contribution in [2.75, 3.05) is 7.05 Å². The molecular formula is C41H51NO10Si4. The third kappa shape index (κ3) is 6.75. The second-order valence-corrected chi connectivity index (χ2v) is 30.3. The molecule has 0 fully saturated rings. The van der Waals surface area contributed by atoms with Gasteiger partial charge in [-0.25, -0.2) is 0 Å². The molecule has 0 aromatic heterocycles. The van der Waals surface area contributed by atoms with Gasteiger partial charge >= 0.3 is 34.2 Å². The third-order valence-corrected chi connectivity index (χ3v) is 16.3. The molecule has 296 valence electrons. The molecule has 0 saturated heterocycles. The van der Waals surface area contributed by atoms with E-state index in [1.807, 2.05) is 0 Å². The molecular weight excluding hydrogens is 779 g/mol. The lowest BCUT2D eigenvalue weighted by molar-refractivity contribution is -0.445. The van der Waals surface area contributed by atoms with Crippen LogP contribution in [0.4, 0.5) is 0 Å². The van der Waals surface area contributed by atoms with Gasteiger partial charge in [0.25, 0.3) is 0 Å². The second kappa shape index (κ2) is 12.8. The Balaban J connectivity index is 0.00000105. The summed E-state index contributed by atoms with van der Waals surface area (Å²) in [4.78, 5) is 8.31. The largest absolute Gasteiger partial charge is 0.511 e. The maximum atomic E-state index is 8.81. The maximum Gasteiger partial charge on any atom is 0.454 e. The van der Waals surface area contributed by atoms with Crippen LogP contribution in [0.15, 0.2) is 24.3 Å². The van der Waals surface area contributed by atoms with Crippen molar-refractivity contribution in [1.82, 2.24) is 0 Å².